The van der Waals surface area contributed by atoms with Gasteiger partial charge in [-0.25, -0.2) is 4.79 Å². The van der Waals surface area contributed by atoms with Crippen molar-refractivity contribution in [3.8, 4) is 0 Å². The van der Waals surface area contributed by atoms with Gasteiger partial charge in [0.25, 0.3) is 5.91 Å². The predicted molar refractivity (Wildman–Crippen MR) is 55.9 cm³/mol. The Hall–Kier alpha value is -2.04. The van der Waals surface area contributed by atoms with Crippen molar-refractivity contribution < 1.29 is 14.3 Å². The minimum Gasteiger partial charge on any atom is -0.453 e. The van der Waals surface area contributed by atoms with Crippen molar-refractivity contribution in [2.24, 2.45) is 0 Å². The van der Waals surface area contributed by atoms with Crippen LogP contribution < -0.4 is 10.6 Å². The summed E-state index contributed by atoms with van der Waals surface area (Å²) >= 11 is 0. The second-order valence-corrected chi connectivity index (χ2v) is 2.74. The van der Waals surface area contributed by atoms with Crippen LogP contribution in [0.5, 0.6) is 0 Å². The van der Waals surface area contributed by atoms with Gasteiger partial charge in [0.05, 0.1) is 18.4 Å². The molecule has 0 unspecified atom stereocenters. The molecule has 5 nitrogen and oxygen atoms in total. The molecule has 0 aliphatic rings. The number of amides is 2. The van der Waals surface area contributed by atoms with Crippen LogP contribution in [0, 0.1) is 0 Å². The summed E-state index contributed by atoms with van der Waals surface area (Å²) < 4.78 is 4.44. The molecule has 5 heteroatoms. The monoisotopic (exact) mass is 208 g/mol. The first-order valence-electron chi connectivity index (χ1n) is 4.35. The number of carbonyl (C=O) groups is 2. The highest BCUT2D eigenvalue weighted by atomic mass is 16.5. The number of benzene rings is 1. The van der Waals surface area contributed by atoms with Crippen LogP contribution >= 0.6 is 0 Å². The summed E-state index contributed by atoms with van der Waals surface area (Å²) in [7, 11) is 2.79. The highest BCUT2D eigenvalue weighted by Crippen LogP contribution is 2.14. The summed E-state index contributed by atoms with van der Waals surface area (Å²) in [5.74, 6) is -0.262. The van der Waals surface area contributed by atoms with Gasteiger partial charge in [-0.15, -0.1) is 0 Å². The molecule has 0 aliphatic carbocycles. The van der Waals surface area contributed by atoms with E-state index in [9.17, 15) is 9.59 Å². The second-order valence-electron chi connectivity index (χ2n) is 2.74. The molecule has 0 aromatic heterocycles. The van der Waals surface area contributed by atoms with Gasteiger partial charge in [-0.2, -0.15) is 0 Å². The zero-order valence-corrected chi connectivity index (χ0v) is 8.53. The molecule has 80 valence electrons. The van der Waals surface area contributed by atoms with Gasteiger partial charge in [-0.05, 0) is 12.1 Å². The zero-order valence-electron chi connectivity index (χ0n) is 8.53. The number of anilines is 1. The van der Waals surface area contributed by atoms with Crippen molar-refractivity contribution in [2.75, 3.05) is 19.5 Å². The van der Waals surface area contributed by atoms with Gasteiger partial charge in [0.15, 0.2) is 0 Å². The first-order chi connectivity index (χ1) is 7.19. The number of para-hydroxylation sites is 1. The first-order valence-corrected chi connectivity index (χ1v) is 4.35. The molecule has 0 aliphatic heterocycles. The SMILES string of the molecule is CNC(=O)c1ccccc1NC(=O)OC. The molecule has 0 atom stereocenters. The van der Waals surface area contributed by atoms with Gasteiger partial charge >= 0.3 is 6.09 Å². The van der Waals surface area contributed by atoms with Crippen LogP contribution in [0.1, 0.15) is 10.4 Å². The Morgan fingerprint density at radius 3 is 2.53 bits per heavy atom. The molecule has 0 saturated heterocycles. The Balaban J connectivity index is 2.96. The minimum absolute atomic E-state index is 0.262. The summed E-state index contributed by atoms with van der Waals surface area (Å²) in [6.45, 7) is 0. The fraction of sp³-hybridized carbons (Fsp3) is 0.200. The molecule has 0 bridgehead atoms. The van der Waals surface area contributed by atoms with E-state index in [0.717, 1.165) is 0 Å². The third-order valence-electron chi connectivity index (χ3n) is 1.82. The number of methoxy groups -OCH3 is 1. The molecule has 0 fully saturated rings. The normalized spacial score (nSPS) is 9.20. The summed E-state index contributed by atoms with van der Waals surface area (Å²) in [4.78, 5) is 22.4. The van der Waals surface area contributed by atoms with Crippen LogP contribution in [0.4, 0.5) is 10.5 Å². The number of rotatable bonds is 2. The van der Waals surface area contributed by atoms with Gasteiger partial charge in [0.1, 0.15) is 0 Å². The Labute approximate surface area is 87.4 Å². The van der Waals surface area contributed by atoms with Gasteiger partial charge in [0.2, 0.25) is 0 Å². The van der Waals surface area contributed by atoms with E-state index in [1.54, 1.807) is 24.3 Å². The van der Waals surface area contributed by atoms with Crippen molar-refractivity contribution in [2.45, 2.75) is 0 Å². The van der Waals surface area contributed by atoms with Crippen molar-refractivity contribution in [1.29, 1.82) is 0 Å². The minimum atomic E-state index is -0.605. The standard InChI is InChI=1S/C10H12N2O3/c1-11-9(13)7-5-3-4-6-8(7)12-10(14)15-2/h3-6H,1-2H3,(H,11,13)(H,12,14). The fourth-order valence-electron chi connectivity index (χ4n) is 1.09. The predicted octanol–water partition coefficient (Wildman–Crippen LogP) is 1.22. The first kappa shape index (κ1) is 11.0. The van der Waals surface area contributed by atoms with Gasteiger partial charge < -0.3 is 10.1 Å². The maximum Gasteiger partial charge on any atom is 0.411 e. The smallest absolute Gasteiger partial charge is 0.411 e. The summed E-state index contributed by atoms with van der Waals surface area (Å²) in [6.07, 6.45) is -0.605. The van der Waals surface area contributed by atoms with E-state index < -0.39 is 6.09 Å². The molecule has 15 heavy (non-hydrogen) atoms. The van der Waals surface area contributed by atoms with E-state index in [0.29, 0.717) is 11.3 Å². The Kier molecular flexibility index (Phi) is 3.68. The largest absolute Gasteiger partial charge is 0.453 e. The Bertz CT molecular complexity index is 377. The molecule has 0 heterocycles. The maximum atomic E-state index is 11.4. The number of ether oxygens (including phenoxy) is 1. The van der Waals surface area contributed by atoms with E-state index in [-0.39, 0.29) is 5.91 Å². The number of nitrogens with one attached hydrogen (secondary N) is 2. The second kappa shape index (κ2) is 4.99. The molecule has 0 saturated carbocycles. The fourth-order valence-corrected chi connectivity index (χ4v) is 1.09. The lowest BCUT2D eigenvalue weighted by Gasteiger charge is -2.08. The van der Waals surface area contributed by atoms with Crippen LogP contribution in [-0.2, 0) is 4.74 Å². The maximum absolute atomic E-state index is 11.4. The van der Waals surface area contributed by atoms with Crippen LogP contribution in [0.2, 0.25) is 0 Å². The highest BCUT2D eigenvalue weighted by molar-refractivity contribution is 6.02. The summed E-state index contributed by atoms with van der Waals surface area (Å²) in [5, 5.41) is 4.94. The van der Waals surface area contributed by atoms with E-state index in [4.69, 9.17) is 0 Å². The molecule has 1 rings (SSSR count). The average Bonchev–Trinajstić information content (AvgIpc) is 2.28. The van der Waals surface area contributed by atoms with Gasteiger partial charge in [-0.3, -0.25) is 10.1 Å². The average molecular weight is 208 g/mol. The van der Waals surface area contributed by atoms with Crippen LogP contribution in [0.15, 0.2) is 24.3 Å². The van der Waals surface area contributed by atoms with Crippen molar-refractivity contribution >= 4 is 17.7 Å². The van der Waals surface area contributed by atoms with Crippen LogP contribution in [0.3, 0.4) is 0 Å². The number of hydrogen-bond acceptors (Lipinski definition) is 3. The van der Waals surface area contributed by atoms with Gasteiger partial charge in [-0.1, -0.05) is 12.1 Å². The molecule has 0 radical (unpaired) electrons. The molecular weight excluding hydrogens is 196 g/mol. The zero-order chi connectivity index (χ0) is 11.3. The molecular formula is C10H12N2O3. The molecule has 1 aromatic carbocycles. The van der Waals surface area contributed by atoms with Crippen molar-refractivity contribution in [3.63, 3.8) is 0 Å². The van der Waals surface area contributed by atoms with Gasteiger partial charge in [0, 0.05) is 7.05 Å². The van der Waals surface area contributed by atoms with E-state index in [1.165, 1.54) is 14.2 Å². The number of hydrogen-bond donors (Lipinski definition) is 2. The third-order valence-corrected chi connectivity index (χ3v) is 1.82. The molecule has 1 aromatic rings. The summed E-state index contributed by atoms with van der Waals surface area (Å²) in [6, 6.07) is 6.68. The lowest BCUT2D eigenvalue weighted by molar-refractivity contribution is 0.0964. The van der Waals surface area contributed by atoms with E-state index in [2.05, 4.69) is 15.4 Å². The topological polar surface area (TPSA) is 67.4 Å². The molecule has 2 N–H and O–H groups in total. The lowest BCUT2D eigenvalue weighted by atomic mass is 10.1. The van der Waals surface area contributed by atoms with Crippen molar-refractivity contribution in [1.82, 2.24) is 5.32 Å². The van der Waals surface area contributed by atoms with Crippen LogP contribution in [-0.4, -0.2) is 26.2 Å². The number of carbonyl (C=O) groups excluding carboxylic acids is 2. The Morgan fingerprint density at radius 1 is 1.27 bits per heavy atom. The molecule has 2 amide bonds. The highest BCUT2D eigenvalue weighted by Gasteiger charge is 2.10. The van der Waals surface area contributed by atoms with Crippen LogP contribution in [0.25, 0.3) is 0 Å². The quantitative estimate of drug-likeness (QED) is 0.768. The van der Waals surface area contributed by atoms with Crippen molar-refractivity contribution in [3.05, 3.63) is 29.8 Å². The van der Waals surface area contributed by atoms with E-state index in [1.807, 2.05) is 0 Å². The summed E-state index contributed by atoms with van der Waals surface area (Å²) in [5.41, 5.74) is 0.814. The molecule has 0 spiro atoms. The van der Waals surface area contributed by atoms with E-state index >= 15 is 0 Å². The lowest BCUT2D eigenvalue weighted by Crippen LogP contribution is -2.21. The Morgan fingerprint density at radius 2 is 1.93 bits per heavy atom. The third kappa shape index (κ3) is 2.70.